The van der Waals surface area contributed by atoms with E-state index >= 15 is 0 Å². The van der Waals surface area contributed by atoms with Gasteiger partial charge >= 0.3 is 0 Å². The first-order chi connectivity index (χ1) is 8.87. The van der Waals surface area contributed by atoms with Gasteiger partial charge in [-0.2, -0.15) is 0 Å². The Hall–Kier alpha value is -2.13. The number of hydrogen-bond acceptors (Lipinski definition) is 3. The van der Waals surface area contributed by atoms with Crippen LogP contribution in [0.2, 0.25) is 0 Å². The van der Waals surface area contributed by atoms with E-state index in [-0.39, 0.29) is 0 Å². The third-order valence-electron chi connectivity index (χ3n) is 3.35. The van der Waals surface area contributed by atoms with Crippen molar-refractivity contribution in [3.63, 3.8) is 0 Å². The summed E-state index contributed by atoms with van der Waals surface area (Å²) in [6, 6.07) is 18.5. The summed E-state index contributed by atoms with van der Waals surface area (Å²) in [7, 11) is 1.94. The molecule has 1 unspecified atom stereocenters. The standard InChI is InChI=1S/C15H15N3/c1-16-15(12-7-3-2-4-8-12)13-9-5-6-10-14(13)17-11-18-15/h2-11,16H,1H3,(H,17,18). The monoisotopic (exact) mass is 237 g/mol. The molecule has 90 valence electrons. The number of nitrogens with one attached hydrogen (secondary N) is 2. The van der Waals surface area contributed by atoms with Crippen LogP contribution in [0.25, 0.3) is 0 Å². The van der Waals surface area contributed by atoms with E-state index in [1.165, 1.54) is 0 Å². The lowest BCUT2D eigenvalue weighted by Crippen LogP contribution is -2.42. The maximum atomic E-state index is 4.64. The fraction of sp³-hybridized carbons (Fsp3) is 0.133. The van der Waals surface area contributed by atoms with E-state index in [0.717, 1.165) is 16.8 Å². The molecule has 1 heterocycles. The Kier molecular flexibility index (Phi) is 2.61. The molecule has 0 amide bonds. The number of benzene rings is 2. The molecule has 2 N–H and O–H groups in total. The first-order valence-corrected chi connectivity index (χ1v) is 6.01. The molecule has 2 aromatic carbocycles. The summed E-state index contributed by atoms with van der Waals surface area (Å²) in [4.78, 5) is 4.64. The first kappa shape index (κ1) is 11.0. The smallest absolute Gasteiger partial charge is 0.165 e. The molecule has 0 bridgehead atoms. The van der Waals surface area contributed by atoms with Crippen LogP contribution in [0.4, 0.5) is 5.69 Å². The molecule has 0 fully saturated rings. The minimum Gasteiger partial charge on any atom is -0.346 e. The molecule has 0 saturated carbocycles. The highest BCUT2D eigenvalue weighted by atomic mass is 15.2. The number of hydrogen-bond donors (Lipinski definition) is 2. The summed E-state index contributed by atoms with van der Waals surface area (Å²) in [6.07, 6.45) is 1.76. The van der Waals surface area contributed by atoms with Crippen LogP contribution in [0.3, 0.4) is 0 Å². The van der Waals surface area contributed by atoms with Gasteiger partial charge in [0.15, 0.2) is 5.66 Å². The second-order valence-corrected chi connectivity index (χ2v) is 4.27. The van der Waals surface area contributed by atoms with Crippen molar-refractivity contribution in [2.45, 2.75) is 5.66 Å². The molecular weight excluding hydrogens is 222 g/mol. The maximum absolute atomic E-state index is 4.64. The Labute approximate surface area is 107 Å². The number of aliphatic imine (C=N–C) groups is 1. The minimum atomic E-state index is -0.497. The fourth-order valence-electron chi connectivity index (χ4n) is 2.45. The van der Waals surface area contributed by atoms with Crippen molar-refractivity contribution in [2.24, 2.45) is 4.99 Å². The van der Waals surface area contributed by atoms with Crippen LogP contribution >= 0.6 is 0 Å². The van der Waals surface area contributed by atoms with Crippen LogP contribution in [0.5, 0.6) is 0 Å². The van der Waals surface area contributed by atoms with E-state index in [9.17, 15) is 0 Å². The number of para-hydroxylation sites is 1. The number of fused-ring (bicyclic) bond motifs is 1. The molecule has 2 aromatic rings. The van der Waals surface area contributed by atoms with Gasteiger partial charge < -0.3 is 5.32 Å². The van der Waals surface area contributed by atoms with Crippen LogP contribution in [0.1, 0.15) is 11.1 Å². The maximum Gasteiger partial charge on any atom is 0.165 e. The van der Waals surface area contributed by atoms with E-state index in [1.807, 2.05) is 37.4 Å². The average Bonchev–Trinajstić information content (AvgIpc) is 2.47. The molecule has 0 aliphatic carbocycles. The Bertz CT molecular complexity index is 577. The average molecular weight is 237 g/mol. The summed E-state index contributed by atoms with van der Waals surface area (Å²) in [5, 5.41) is 6.54. The summed E-state index contributed by atoms with van der Waals surface area (Å²) in [6.45, 7) is 0. The molecule has 1 atom stereocenters. The SMILES string of the molecule is CNC1(c2ccccc2)N=CNc2ccccc21. The van der Waals surface area contributed by atoms with Crippen molar-refractivity contribution in [2.75, 3.05) is 12.4 Å². The van der Waals surface area contributed by atoms with E-state index < -0.39 is 5.66 Å². The third kappa shape index (κ3) is 1.52. The van der Waals surface area contributed by atoms with Gasteiger partial charge in [0.25, 0.3) is 0 Å². The molecular formula is C15H15N3. The minimum absolute atomic E-state index is 0.497. The van der Waals surface area contributed by atoms with E-state index in [2.05, 4.69) is 39.9 Å². The van der Waals surface area contributed by atoms with Gasteiger partial charge in [0.05, 0.1) is 6.34 Å². The number of nitrogens with zero attached hydrogens (tertiary/aromatic N) is 1. The van der Waals surface area contributed by atoms with Crippen molar-refractivity contribution in [1.82, 2.24) is 5.32 Å². The molecule has 1 aliphatic rings. The topological polar surface area (TPSA) is 36.4 Å². The highest BCUT2D eigenvalue weighted by molar-refractivity contribution is 5.82. The largest absolute Gasteiger partial charge is 0.346 e. The summed E-state index contributed by atoms with van der Waals surface area (Å²) < 4.78 is 0. The zero-order chi connectivity index (χ0) is 12.4. The molecule has 0 aromatic heterocycles. The van der Waals surface area contributed by atoms with Crippen LogP contribution in [0, 0.1) is 0 Å². The molecule has 0 saturated heterocycles. The zero-order valence-electron chi connectivity index (χ0n) is 10.2. The highest BCUT2D eigenvalue weighted by Crippen LogP contribution is 2.37. The van der Waals surface area contributed by atoms with Gasteiger partial charge in [0, 0.05) is 11.3 Å². The van der Waals surface area contributed by atoms with Crippen LogP contribution < -0.4 is 10.6 Å². The van der Waals surface area contributed by atoms with E-state index in [4.69, 9.17) is 0 Å². The molecule has 3 heteroatoms. The predicted molar refractivity (Wildman–Crippen MR) is 74.8 cm³/mol. The van der Waals surface area contributed by atoms with Crippen molar-refractivity contribution >= 4 is 12.0 Å². The Morgan fingerprint density at radius 1 is 1.00 bits per heavy atom. The molecule has 0 spiro atoms. The van der Waals surface area contributed by atoms with Gasteiger partial charge in [-0.3, -0.25) is 5.32 Å². The number of rotatable bonds is 2. The second kappa shape index (κ2) is 4.27. The summed E-state index contributed by atoms with van der Waals surface area (Å²) in [5.41, 5.74) is 2.87. The molecule has 3 nitrogen and oxygen atoms in total. The lowest BCUT2D eigenvalue weighted by molar-refractivity contribution is 0.461. The Morgan fingerprint density at radius 3 is 2.50 bits per heavy atom. The van der Waals surface area contributed by atoms with Gasteiger partial charge in [-0.1, -0.05) is 48.5 Å². The fourth-order valence-corrected chi connectivity index (χ4v) is 2.45. The van der Waals surface area contributed by atoms with Crippen LogP contribution in [0.15, 0.2) is 59.6 Å². The van der Waals surface area contributed by atoms with Crippen LogP contribution in [-0.2, 0) is 5.66 Å². The van der Waals surface area contributed by atoms with Gasteiger partial charge in [-0.25, -0.2) is 4.99 Å². The van der Waals surface area contributed by atoms with E-state index in [0.29, 0.717) is 0 Å². The molecule has 0 radical (unpaired) electrons. The summed E-state index contributed by atoms with van der Waals surface area (Å²) in [5.74, 6) is 0. The van der Waals surface area contributed by atoms with Crippen LogP contribution in [-0.4, -0.2) is 13.4 Å². The van der Waals surface area contributed by atoms with Crippen molar-refractivity contribution in [3.05, 3.63) is 65.7 Å². The Morgan fingerprint density at radius 2 is 1.72 bits per heavy atom. The first-order valence-electron chi connectivity index (χ1n) is 6.01. The zero-order valence-corrected chi connectivity index (χ0v) is 10.2. The van der Waals surface area contributed by atoms with Gasteiger partial charge in [-0.05, 0) is 18.7 Å². The van der Waals surface area contributed by atoms with Crippen molar-refractivity contribution in [3.8, 4) is 0 Å². The summed E-state index contributed by atoms with van der Waals surface area (Å²) >= 11 is 0. The third-order valence-corrected chi connectivity index (χ3v) is 3.35. The molecule has 3 rings (SSSR count). The molecule has 18 heavy (non-hydrogen) atoms. The molecule has 1 aliphatic heterocycles. The highest BCUT2D eigenvalue weighted by Gasteiger charge is 2.35. The normalized spacial score (nSPS) is 21.2. The quantitative estimate of drug-likeness (QED) is 0.842. The van der Waals surface area contributed by atoms with Crippen molar-refractivity contribution in [1.29, 1.82) is 0 Å². The predicted octanol–water partition coefficient (Wildman–Crippen LogP) is 2.56. The lowest BCUT2D eigenvalue weighted by atomic mass is 9.89. The van der Waals surface area contributed by atoms with E-state index in [1.54, 1.807) is 6.34 Å². The van der Waals surface area contributed by atoms with Gasteiger partial charge in [0.2, 0.25) is 0 Å². The van der Waals surface area contributed by atoms with Gasteiger partial charge in [-0.15, -0.1) is 0 Å². The van der Waals surface area contributed by atoms with Crippen molar-refractivity contribution < 1.29 is 0 Å². The lowest BCUT2D eigenvalue weighted by Gasteiger charge is -2.34. The Balaban J connectivity index is 2.23. The van der Waals surface area contributed by atoms with Gasteiger partial charge in [0.1, 0.15) is 0 Å². The second-order valence-electron chi connectivity index (χ2n) is 4.27. The number of anilines is 1.